The molecule has 5 heteroatoms. The molecule has 2 rings (SSSR count). The average Bonchev–Trinajstić information content (AvgIpc) is 2.40. The number of carbonyl (C=O) groups is 1. The van der Waals surface area contributed by atoms with Crippen LogP contribution in [-0.2, 0) is 4.79 Å². The van der Waals surface area contributed by atoms with Gasteiger partial charge in [0.1, 0.15) is 11.6 Å². The highest BCUT2D eigenvalue weighted by atomic mass is 35.5. The first-order valence-corrected chi connectivity index (χ1v) is 6.79. The van der Waals surface area contributed by atoms with Gasteiger partial charge in [0.2, 0.25) is 0 Å². The van der Waals surface area contributed by atoms with Crippen LogP contribution >= 0.6 is 11.6 Å². The van der Waals surface area contributed by atoms with Crippen LogP contribution in [0.3, 0.4) is 0 Å². The summed E-state index contributed by atoms with van der Waals surface area (Å²) in [5.74, 6) is -0.290. The zero-order valence-electron chi connectivity index (χ0n) is 11.7. The summed E-state index contributed by atoms with van der Waals surface area (Å²) in [7, 11) is 0. The van der Waals surface area contributed by atoms with Crippen LogP contribution in [0.1, 0.15) is 11.1 Å². The lowest BCUT2D eigenvalue weighted by Crippen LogP contribution is -2.21. The molecule has 21 heavy (non-hydrogen) atoms. The van der Waals surface area contributed by atoms with Gasteiger partial charge in [-0.25, -0.2) is 4.39 Å². The zero-order chi connectivity index (χ0) is 15.4. The molecule has 1 N–H and O–H groups in total. The second-order valence-electron chi connectivity index (χ2n) is 4.69. The second-order valence-corrected chi connectivity index (χ2v) is 5.12. The number of benzene rings is 2. The molecule has 0 spiro atoms. The standard InChI is InChI=1S/C16H15ClFNO2/c1-10-7-12(17)8-11(2)16(10)21-9-15(20)19-14-6-4-3-5-13(14)18/h3-8H,9H2,1-2H3,(H,19,20). The minimum absolute atomic E-state index is 0.135. The van der Waals surface area contributed by atoms with Crippen molar-refractivity contribution in [2.24, 2.45) is 0 Å². The molecule has 1 amide bonds. The number of carbonyl (C=O) groups excluding carboxylic acids is 1. The molecule has 0 heterocycles. The predicted octanol–water partition coefficient (Wildman–Crippen LogP) is 4.11. The highest BCUT2D eigenvalue weighted by Crippen LogP contribution is 2.27. The number of hydrogen-bond acceptors (Lipinski definition) is 2. The number of halogens is 2. The van der Waals surface area contributed by atoms with E-state index in [1.165, 1.54) is 12.1 Å². The zero-order valence-corrected chi connectivity index (χ0v) is 12.5. The van der Waals surface area contributed by atoms with Crippen LogP contribution in [-0.4, -0.2) is 12.5 Å². The minimum atomic E-state index is -0.482. The van der Waals surface area contributed by atoms with E-state index >= 15 is 0 Å². The van der Waals surface area contributed by atoms with E-state index < -0.39 is 11.7 Å². The van der Waals surface area contributed by atoms with Crippen molar-refractivity contribution >= 4 is 23.2 Å². The summed E-state index contributed by atoms with van der Waals surface area (Å²) >= 11 is 5.93. The molecule has 2 aromatic rings. The summed E-state index contributed by atoms with van der Waals surface area (Å²) in [6.45, 7) is 3.50. The maximum Gasteiger partial charge on any atom is 0.262 e. The number of para-hydroxylation sites is 1. The van der Waals surface area contributed by atoms with Gasteiger partial charge < -0.3 is 10.1 Å². The molecule has 0 fully saturated rings. The lowest BCUT2D eigenvalue weighted by atomic mass is 10.1. The molecule has 0 unspecified atom stereocenters. The van der Waals surface area contributed by atoms with Crippen molar-refractivity contribution in [3.8, 4) is 5.75 Å². The van der Waals surface area contributed by atoms with E-state index in [1.54, 1.807) is 24.3 Å². The number of rotatable bonds is 4. The van der Waals surface area contributed by atoms with Crippen molar-refractivity contribution in [1.29, 1.82) is 0 Å². The maximum absolute atomic E-state index is 13.4. The Morgan fingerprint density at radius 1 is 1.24 bits per heavy atom. The molecule has 2 aromatic carbocycles. The monoisotopic (exact) mass is 307 g/mol. The number of anilines is 1. The Morgan fingerprint density at radius 3 is 2.48 bits per heavy atom. The van der Waals surface area contributed by atoms with Crippen LogP contribution in [0.15, 0.2) is 36.4 Å². The third-order valence-corrected chi connectivity index (χ3v) is 3.14. The van der Waals surface area contributed by atoms with Crippen LogP contribution in [0.4, 0.5) is 10.1 Å². The van der Waals surface area contributed by atoms with Gasteiger partial charge in [0.15, 0.2) is 6.61 Å². The van der Waals surface area contributed by atoms with Gasteiger partial charge in [-0.05, 0) is 49.2 Å². The van der Waals surface area contributed by atoms with Gasteiger partial charge in [0.25, 0.3) is 5.91 Å². The summed E-state index contributed by atoms with van der Waals surface area (Å²) in [5, 5.41) is 3.08. The molecular weight excluding hydrogens is 293 g/mol. The molecule has 0 aromatic heterocycles. The maximum atomic E-state index is 13.4. The lowest BCUT2D eigenvalue weighted by Gasteiger charge is -2.12. The van der Waals surface area contributed by atoms with E-state index in [0.717, 1.165) is 11.1 Å². The molecular formula is C16H15ClFNO2. The van der Waals surface area contributed by atoms with E-state index in [-0.39, 0.29) is 12.3 Å². The molecule has 0 bridgehead atoms. The van der Waals surface area contributed by atoms with Crippen LogP contribution in [0.25, 0.3) is 0 Å². The predicted molar refractivity (Wildman–Crippen MR) is 81.5 cm³/mol. The fraction of sp³-hybridized carbons (Fsp3) is 0.188. The highest BCUT2D eigenvalue weighted by molar-refractivity contribution is 6.30. The topological polar surface area (TPSA) is 38.3 Å². The normalized spacial score (nSPS) is 10.3. The summed E-state index contributed by atoms with van der Waals surface area (Å²) in [5.41, 5.74) is 1.83. The highest BCUT2D eigenvalue weighted by Gasteiger charge is 2.10. The van der Waals surface area contributed by atoms with E-state index in [1.807, 2.05) is 13.8 Å². The van der Waals surface area contributed by atoms with Gasteiger partial charge in [0, 0.05) is 5.02 Å². The first-order valence-electron chi connectivity index (χ1n) is 6.41. The van der Waals surface area contributed by atoms with E-state index in [9.17, 15) is 9.18 Å². The number of aryl methyl sites for hydroxylation is 2. The second kappa shape index (κ2) is 6.59. The van der Waals surface area contributed by atoms with Gasteiger partial charge in [-0.2, -0.15) is 0 Å². The Kier molecular flexibility index (Phi) is 4.81. The van der Waals surface area contributed by atoms with Crippen LogP contribution < -0.4 is 10.1 Å². The average molecular weight is 308 g/mol. The Labute approximate surface area is 127 Å². The van der Waals surface area contributed by atoms with Crippen molar-refractivity contribution in [2.75, 3.05) is 11.9 Å². The van der Waals surface area contributed by atoms with Crippen LogP contribution in [0, 0.1) is 19.7 Å². The third kappa shape index (κ3) is 3.95. The molecule has 0 radical (unpaired) electrons. The summed E-state index contributed by atoms with van der Waals surface area (Å²) < 4.78 is 18.9. The van der Waals surface area contributed by atoms with E-state index in [0.29, 0.717) is 10.8 Å². The molecule has 0 atom stereocenters. The number of amides is 1. The van der Waals surface area contributed by atoms with Crippen molar-refractivity contribution in [3.63, 3.8) is 0 Å². The first kappa shape index (κ1) is 15.3. The number of ether oxygens (including phenoxy) is 1. The Morgan fingerprint density at radius 2 is 1.86 bits per heavy atom. The van der Waals surface area contributed by atoms with E-state index in [2.05, 4.69) is 5.32 Å². The van der Waals surface area contributed by atoms with Crippen LogP contribution in [0.5, 0.6) is 5.75 Å². The van der Waals surface area contributed by atoms with Gasteiger partial charge in [0.05, 0.1) is 5.69 Å². The quantitative estimate of drug-likeness (QED) is 0.923. The van der Waals surface area contributed by atoms with Gasteiger partial charge in [-0.15, -0.1) is 0 Å². The molecule has 0 aliphatic carbocycles. The molecule has 110 valence electrons. The van der Waals surface area contributed by atoms with E-state index in [4.69, 9.17) is 16.3 Å². The van der Waals surface area contributed by atoms with Crippen LogP contribution in [0.2, 0.25) is 5.02 Å². The Balaban J connectivity index is 2.01. The largest absolute Gasteiger partial charge is 0.483 e. The van der Waals surface area contributed by atoms with Crippen molar-refractivity contribution in [1.82, 2.24) is 0 Å². The molecule has 3 nitrogen and oxygen atoms in total. The van der Waals surface area contributed by atoms with Gasteiger partial charge in [-0.1, -0.05) is 23.7 Å². The lowest BCUT2D eigenvalue weighted by molar-refractivity contribution is -0.118. The SMILES string of the molecule is Cc1cc(Cl)cc(C)c1OCC(=O)Nc1ccccc1F. The van der Waals surface area contributed by atoms with Crippen molar-refractivity contribution < 1.29 is 13.9 Å². The fourth-order valence-corrected chi connectivity index (χ4v) is 2.34. The first-order chi connectivity index (χ1) is 9.97. The van der Waals surface area contributed by atoms with Gasteiger partial charge >= 0.3 is 0 Å². The Hall–Kier alpha value is -2.07. The molecule has 0 aliphatic heterocycles. The molecule has 0 saturated carbocycles. The molecule has 0 aliphatic rings. The minimum Gasteiger partial charge on any atom is -0.483 e. The number of nitrogens with one attached hydrogen (secondary N) is 1. The smallest absolute Gasteiger partial charge is 0.262 e. The molecule has 0 saturated heterocycles. The van der Waals surface area contributed by atoms with Crippen molar-refractivity contribution in [2.45, 2.75) is 13.8 Å². The summed E-state index contributed by atoms with van der Waals surface area (Å²) in [6, 6.07) is 9.50. The van der Waals surface area contributed by atoms with Gasteiger partial charge in [-0.3, -0.25) is 4.79 Å². The summed E-state index contributed by atoms with van der Waals surface area (Å²) in [6.07, 6.45) is 0. The fourth-order valence-electron chi connectivity index (χ4n) is 2.01. The number of hydrogen-bond donors (Lipinski definition) is 1. The van der Waals surface area contributed by atoms with Crippen molar-refractivity contribution in [3.05, 3.63) is 58.4 Å². The summed E-state index contributed by atoms with van der Waals surface area (Å²) in [4.78, 5) is 11.8. The third-order valence-electron chi connectivity index (χ3n) is 2.92. The Bertz CT molecular complexity index is 650.